The number of anilines is 2. The van der Waals surface area contributed by atoms with Crippen LogP contribution in [0, 0.1) is 0 Å². The minimum absolute atomic E-state index is 0.328. The van der Waals surface area contributed by atoms with Gasteiger partial charge in [0.1, 0.15) is 0 Å². The molecule has 3 heteroatoms. The molecule has 0 saturated carbocycles. The SMILES string of the molecule is CC1OCCC1N(C)c1cccc2c1NCCC2. The highest BCUT2D eigenvalue weighted by atomic mass is 16.5. The first-order valence-corrected chi connectivity index (χ1v) is 6.97. The molecule has 2 atom stereocenters. The third kappa shape index (κ3) is 1.97. The van der Waals surface area contributed by atoms with Gasteiger partial charge in [-0.15, -0.1) is 0 Å². The molecule has 98 valence electrons. The summed E-state index contributed by atoms with van der Waals surface area (Å²) in [5.41, 5.74) is 4.12. The predicted octanol–water partition coefficient (Wildman–Crippen LogP) is 2.66. The maximum Gasteiger partial charge on any atom is 0.0750 e. The molecule has 1 N–H and O–H groups in total. The molecular formula is C15H22N2O. The van der Waals surface area contributed by atoms with Crippen molar-refractivity contribution in [3.8, 4) is 0 Å². The Bertz CT molecular complexity index is 433. The zero-order valence-electron chi connectivity index (χ0n) is 11.3. The Balaban J connectivity index is 1.91. The van der Waals surface area contributed by atoms with E-state index in [-0.39, 0.29) is 0 Å². The Morgan fingerprint density at radius 1 is 1.39 bits per heavy atom. The van der Waals surface area contributed by atoms with Gasteiger partial charge in [-0.25, -0.2) is 0 Å². The van der Waals surface area contributed by atoms with Gasteiger partial charge in [0.2, 0.25) is 0 Å². The van der Waals surface area contributed by atoms with Crippen LogP contribution in [0.15, 0.2) is 18.2 Å². The number of para-hydroxylation sites is 1. The molecule has 0 spiro atoms. The second kappa shape index (κ2) is 4.81. The summed E-state index contributed by atoms with van der Waals surface area (Å²) in [6.07, 6.45) is 3.89. The molecule has 3 rings (SSSR count). The summed E-state index contributed by atoms with van der Waals surface area (Å²) in [6, 6.07) is 7.15. The maximum atomic E-state index is 5.69. The molecule has 1 saturated heterocycles. The van der Waals surface area contributed by atoms with Gasteiger partial charge in [-0.05, 0) is 37.8 Å². The number of nitrogens with one attached hydrogen (secondary N) is 1. The molecule has 0 aliphatic carbocycles. The molecular weight excluding hydrogens is 224 g/mol. The number of benzene rings is 1. The van der Waals surface area contributed by atoms with Crippen LogP contribution < -0.4 is 10.2 Å². The largest absolute Gasteiger partial charge is 0.383 e. The van der Waals surface area contributed by atoms with Crippen LogP contribution in [0.4, 0.5) is 11.4 Å². The van der Waals surface area contributed by atoms with Gasteiger partial charge in [0.05, 0.1) is 23.5 Å². The summed E-state index contributed by atoms with van der Waals surface area (Å²) in [5.74, 6) is 0. The molecule has 2 heterocycles. The molecule has 1 aromatic rings. The van der Waals surface area contributed by atoms with E-state index in [1.165, 1.54) is 29.8 Å². The number of aryl methyl sites for hydroxylation is 1. The highest BCUT2D eigenvalue weighted by Gasteiger charge is 2.29. The smallest absolute Gasteiger partial charge is 0.0750 e. The highest BCUT2D eigenvalue weighted by molar-refractivity contribution is 5.74. The Kier molecular flexibility index (Phi) is 3.16. The van der Waals surface area contributed by atoms with Gasteiger partial charge in [-0.3, -0.25) is 0 Å². The lowest BCUT2D eigenvalue weighted by molar-refractivity contribution is 0.118. The molecule has 2 aliphatic rings. The molecule has 1 aromatic carbocycles. The van der Waals surface area contributed by atoms with E-state index in [9.17, 15) is 0 Å². The van der Waals surface area contributed by atoms with Crippen molar-refractivity contribution in [1.82, 2.24) is 0 Å². The predicted molar refractivity (Wildman–Crippen MR) is 75.5 cm³/mol. The van der Waals surface area contributed by atoms with Crippen LogP contribution in [0.5, 0.6) is 0 Å². The number of likely N-dealkylation sites (N-methyl/N-ethyl adjacent to an activating group) is 1. The van der Waals surface area contributed by atoms with E-state index < -0.39 is 0 Å². The fraction of sp³-hybridized carbons (Fsp3) is 0.600. The van der Waals surface area contributed by atoms with Crippen molar-refractivity contribution in [3.05, 3.63) is 23.8 Å². The van der Waals surface area contributed by atoms with Gasteiger partial charge in [-0.1, -0.05) is 12.1 Å². The second-order valence-electron chi connectivity index (χ2n) is 5.38. The van der Waals surface area contributed by atoms with Crippen molar-refractivity contribution in [2.75, 3.05) is 30.4 Å². The molecule has 0 bridgehead atoms. The number of nitrogens with zero attached hydrogens (tertiary/aromatic N) is 1. The van der Waals surface area contributed by atoms with Crippen molar-refractivity contribution in [2.45, 2.75) is 38.3 Å². The van der Waals surface area contributed by atoms with Gasteiger partial charge in [0, 0.05) is 20.2 Å². The zero-order chi connectivity index (χ0) is 12.5. The Hall–Kier alpha value is -1.22. The summed E-state index contributed by atoms with van der Waals surface area (Å²) < 4.78 is 5.69. The molecule has 0 aromatic heterocycles. The van der Waals surface area contributed by atoms with E-state index in [0.717, 1.165) is 19.6 Å². The van der Waals surface area contributed by atoms with Gasteiger partial charge in [0.15, 0.2) is 0 Å². The lowest BCUT2D eigenvalue weighted by atomic mass is 10.0. The first-order chi connectivity index (χ1) is 8.77. The highest BCUT2D eigenvalue weighted by Crippen LogP contribution is 2.35. The third-order valence-corrected chi connectivity index (χ3v) is 4.27. The maximum absolute atomic E-state index is 5.69. The Morgan fingerprint density at radius 3 is 3.06 bits per heavy atom. The van der Waals surface area contributed by atoms with Gasteiger partial charge in [0.25, 0.3) is 0 Å². The Morgan fingerprint density at radius 2 is 2.28 bits per heavy atom. The molecule has 2 unspecified atom stereocenters. The van der Waals surface area contributed by atoms with E-state index in [1.54, 1.807) is 0 Å². The molecule has 0 radical (unpaired) electrons. The topological polar surface area (TPSA) is 24.5 Å². The molecule has 1 fully saturated rings. The van der Waals surface area contributed by atoms with Crippen LogP contribution >= 0.6 is 0 Å². The minimum Gasteiger partial charge on any atom is -0.383 e. The summed E-state index contributed by atoms with van der Waals surface area (Å²) in [7, 11) is 2.20. The average molecular weight is 246 g/mol. The van der Waals surface area contributed by atoms with Crippen LogP contribution in [0.25, 0.3) is 0 Å². The summed E-state index contributed by atoms with van der Waals surface area (Å²) >= 11 is 0. The number of hydrogen-bond donors (Lipinski definition) is 1. The summed E-state index contributed by atoms with van der Waals surface area (Å²) in [5, 5.41) is 3.57. The van der Waals surface area contributed by atoms with Crippen LogP contribution in [0.2, 0.25) is 0 Å². The molecule has 2 aliphatic heterocycles. The summed E-state index contributed by atoms with van der Waals surface area (Å²) in [6.45, 7) is 4.16. The van der Waals surface area contributed by atoms with E-state index >= 15 is 0 Å². The van der Waals surface area contributed by atoms with Gasteiger partial charge >= 0.3 is 0 Å². The van der Waals surface area contributed by atoms with Crippen molar-refractivity contribution >= 4 is 11.4 Å². The van der Waals surface area contributed by atoms with Gasteiger partial charge < -0.3 is 15.0 Å². The standard InChI is InChI=1S/C15H22N2O/c1-11-13(8-10-18-11)17(2)14-7-3-5-12-6-4-9-16-15(12)14/h3,5,7,11,13,16H,4,6,8-10H2,1-2H3. The first kappa shape index (κ1) is 11.8. The zero-order valence-corrected chi connectivity index (χ0v) is 11.3. The van der Waals surface area contributed by atoms with Crippen LogP contribution in [0.1, 0.15) is 25.3 Å². The normalized spacial score (nSPS) is 26.6. The monoisotopic (exact) mass is 246 g/mol. The average Bonchev–Trinajstić information content (AvgIpc) is 2.83. The minimum atomic E-state index is 0.328. The van der Waals surface area contributed by atoms with E-state index in [0.29, 0.717) is 12.1 Å². The summed E-state index contributed by atoms with van der Waals surface area (Å²) in [4.78, 5) is 2.40. The third-order valence-electron chi connectivity index (χ3n) is 4.27. The molecule has 3 nitrogen and oxygen atoms in total. The van der Waals surface area contributed by atoms with Crippen molar-refractivity contribution in [3.63, 3.8) is 0 Å². The first-order valence-electron chi connectivity index (χ1n) is 6.97. The lowest BCUT2D eigenvalue weighted by Crippen LogP contribution is -2.37. The van der Waals surface area contributed by atoms with Crippen molar-refractivity contribution in [1.29, 1.82) is 0 Å². The number of ether oxygens (including phenoxy) is 1. The lowest BCUT2D eigenvalue weighted by Gasteiger charge is -2.32. The quantitative estimate of drug-likeness (QED) is 0.868. The molecule has 0 amide bonds. The van der Waals surface area contributed by atoms with Gasteiger partial charge in [-0.2, -0.15) is 0 Å². The second-order valence-corrected chi connectivity index (χ2v) is 5.38. The number of rotatable bonds is 2. The molecule has 18 heavy (non-hydrogen) atoms. The number of hydrogen-bond acceptors (Lipinski definition) is 3. The van der Waals surface area contributed by atoms with Crippen molar-refractivity contribution in [2.24, 2.45) is 0 Å². The van der Waals surface area contributed by atoms with E-state index in [1.807, 2.05) is 0 Å². The van der Waals surface area contributed by atoms with Crippen LogP contribution in [-0.2, 0) is 11.2 Å². The van der Waals surface area contributed by atoms with E-state index in [4.69, 9.17) is 4.74 Å². The number of fused-ring (bicyclic) bond motifs is 1. The fourth-order valence-corrected chi connectivity index (χ4v) is 3.19. The van der Waals surface area contributed by atoms with Crippen LogP contribution in [-0.4, -0.2) is 32.3 Å². The van der Waals surface area contributed by atoms with E-state index in [2.05, 4.69) is 42.4 Å². The van der Waals surface area contributed by atoms with Crippen LogP contribution in [0.3, 0.4) is 0 Å². The van der Waals surface area contributed by atoms with Crippen molar-refractivity contribution < 1.29 is 4.74 Å². The fourth-order valence-electron chi connectivity index (χ4n) is 3.19. The Labute approximate surface area is 109 Å².